The van der Waals surface area contributed by atoms with Crippen molar-refractivity contribution in [1.82, 2.24) is 20.3 Å². The zero-order chi connectivity index (χ0) is 19.9. The predicted octanol–water partition coefficient (Wildman–Crippen LogP) is 2.01. The van der Waals surface area contributed by atoms with Crippen LogP contribution >= 0.6 is 0 Å². The van der Waals surface area contributed by atoms with Gasteiger partial charge in [-0.15, -0.1) is 9.90 Å². The van der Waals surface area contributed by atoms with Gasteiger partial charge in [0, 0.05) is 24.9 Å². The van der Waals surface area contributed by atoms with E-state index in [2.05, 4.69) is 20.5 Å². The number of carbonyl (C=O) groups is 1. The van der Waals surface area contributed by atoms with Crippen LogP contribution < -0.4 is 5.32 Å². The highest BCUT2D eigenvalue weighted by atomic mass is 16.3. The van der Waals surface area contributed by atoms with Crippen LogP contribution in [0.15, 0.2) is 53.7 Å². The third-order valence-corrected chi connectivity index (χ3v) is 3.97. The van der Waals surface area contributed by atoms with Crippen molar-refractivity contribution in [2.75, 3.05) is 13.2 Å². The number of rotatable bonds is 7. The highest BCUT2D eigenvalue weighted by Gasteiger charge is 2.15. The Balaban J connectivity index is 2.00. The number of phenols is 1. The zero-order valence-electron chi connectivity index (χ0n) is 15.4. The fraction of sp³-hybridized carbons (Fsp3) is 0.200. The summed E-state index contributed by atoms with van der Waals surface area (Å²) < 4.78 is 0. The van der Waals surface area contributed by atoms with Crippen molar-refractivity contribution in [3.63, 3.8) is 0 Å². The van der Waals surface area contributed by atoms with Crippen LogP contribution in [0.5, 0.6) is 5.75 Å². The Hall–Kier alpha value is -3.52. The number of aromatic nitrogens is 3. The summed E-state index contributed by atoms with van der Waals surface area (Å²) >= 11 is 0. The van der Waals surface area contributed by atoms with Gasteiger partial charge in [-0.25, -0.2) is 0 Å². The van der Waals surface area contributed by atoms with Gasteiger partial charge in [0.15, 0.2) is 11.4 Å². The maximum Gasteiger partial charge on any atom is 0.273 e. The summed E-state index contributed by atoms with van der Waals surface area (Å²) in [6.07, 6.45) is 3.27. The summed E-state index contributed by atoms with van der Waals surface area (Å²) in [5.74, 6) is -0.412. The van der Waals surface area contributed by atoms with E-state index >= 15 is 0 Å². The highest BCUT2D eigenvalue weighted by Crippen LogP contribution is 2.27. The lowest BCUT2D eigenvalue weighted by Crippen LogP contribution is -2.23. The molecule has 1 aromatic heterocycles. The maximum absolute atomic E-state index is 11.9. The molecule has 0 unspecified atom stereocenters. The number of aromatic hydroxyl groups is 1. The van der Waals surface area contributed by atoms with Gasteiger partial charge in [0.2, 0.25) is 0 Å². The van der Waals surface area contributed by atoms with E-state index in [-0.39, 0.29) is 24.0 Å². The number of hydrogen-bond donors (Lipinski definition) is 3. The average molecular weight is 379 g/mol. The Bertz CT molecular complexity index is 983. The number of aliphatic imine (C=N–C) groups is 1. The number of nitrogens with one attached hydrogen (secondary N) is 1. The maximum atomic E-state index is 11.9. The minimum absolute atomic E-state index is 0.0455. The average Bonchev–Trinajstić information content (AvgIpc) is 3.19. The molecule has 0 fully saturated rings. The molecule has 8 nitrogen and oxygen atoms in total. The Kier molecular flexibility index (Phi) is 6.13. The van der Waals surface area contributed by atoms with Crippen LogP contribution in [-0.4, -0.2) is 50.5 Å². The van der Waals surface area contributed by atoms with Gasteiger partial charge in [0.1, 0.15) is 5.69 Å². The summed E-state index contributed by atoms with van der Waals surface area (Å²) in [6.45, 7) is 2.24. The SMILES string of the molecule is CCNC(=O)c1cnn(-c2cc(CCO)cc(C=Nc3ccccc3)c2O)n1. The van der Waals surface area contributed by atoms with Crippen molar-refractivity contribution in [2.24, 2.45) is 4.99 Å². The van der Waals surface area contributed by atoms with Crippen molar-refractivity contribution in [3.05, 3.63) is 65.5 Å². The number of nitrogens with zero attached hydrogens (tertiary/aromatic N) is 4. The standard InChI is InChI=1S/C20H21N5O3/c1-2-21-20(28)17-13-23-25(24-17)18-11-14(8-9-26)10-15(19(18)27)12-22-16-6-4-3-5-7-16/h3-7,10-13,26-27H,2,8-9H2,1H3,(H,21,28). The highest BCUT2D eigenvalue weighted by molar-refractivity contribution is 5.92. The molecule has 0 aliphatic heterocycles. The molecule has 0 spiro atoms. The van der Waals surface area contributed by atoms with E-state index in [4.69, 9.17) is 0 Å². The summed E-state index contributed by atoms with van der Waals surface area (Å²) in [5.41, 5.74) is 2.43. The second-order valence-corrected chi connectivity index (χ2v) is 6.00. The molecule has 144 valence electrons. The molecule has 0 saturated heterocycles. The van der Waals surface area contributed by atoms with E-state index in [1.807, 2.05) is 37.3 Å². The molecule has 0 aliphatic carbocycles. The van der Waals surface area contributed by atoms with Crippen LogP contribution in [0.4, 0.5) is 5.69 Å². The van der Waals surface area contributed by atoms with Gasteiger partial charge in [0.25, 0.3) is 5.91 Å². The molecule has 1 heterocycles. The number of carbonyl (C=O) groups excluding carboxylic acids is 1. The van der Waals surface area contributed by atoms with Gasteiger partial charge in [-0.05, 0) is 43.2 Å². The normalized spacial score (nSPS) is 11.1. The molecule has 3 aromatic rings. The predicted molar refractivity (Wildman–Crippen MR) is 106 cm³/mol. The summed E-state index contributed by atoms with van der Waals surface area (Å²) in [5, 5.41) is 30.9. The van der Waals surface area contributed by atoms with Crippen molar-refractivity contribution >= 4 is 17.8 Å². The fourth-order valence-electron chi connectivity index (χ4n) is 2.62. The number of amides is 1. The van der Waals surface area contributed by atoms with Crippen LogP contribution in [0.1, 0.15) is 28.5 Å². The molecule has 0 aliphatic rings. The molecule has 3 N–H and O–H groups in total. The van der Waals surface area contributed by atoms with Crippen LogP contribution in [0.25, 0.3) is 5.69 Å². The topological polar surface area (TPSA) is 113 Å². The molecule has 28 heavy (non-hydrogen) atoms. The molecule has 0 bridgehead atoms. The van der Waals surface area contributed by atoms with Crippen molar-refractivity contribution in [1.29, 1.82) is 0 Å². The first-order chi connectivity index (χ1) is 13.6. The monoisotopic (exact) mass is 379 g/mol. The van der Waals surface area contributed by atoms with Crippen LogP contribution in [0.3, 0.4) is 0 Å². The van der Waals surface area contributed by atoms with Gasteiger partial charge in [0.05, 0.1) is 11.9 Å². The summed E-state index contributed by atoms with van der Waals surface area (Å²) in [7, 11) is 0. The Labute approximate surface area is 162 Å². The quantitative estimate of drug-likeness (QED) is 0.544. The second kappa shape index (κ2) is 8.92. The first-order valence-corrected chi connectivity index (χ1v) is 8.89. The van der Waals surface area contributed by atoms with Crippen molar-refractivity contribution in [3.8, 4) is 11.4 Å². The third kappa shape index (κ3) is 4.41. The van der Waals surface area contributed by atoms with Crippen molar-refractivity contribution < 1.29 is 15.0 Å². The largest absolute Gasteiger partial charge is 0.505 e. The molecule has 8 heteroatoms. The van der Waals surface area contributed by atoms with E-state index in [0.29, 0.717) is 24.2 Å². The Morgan fingerprint density at radius 2 is 2.07 bits per heavy atom. The van der Waals surface area contributed by atoms with Gasteiger partial charge in [-0.3, -0.25) is 9.79 Å². The Morgan fingerprint density at radius 1 is 1.29 bits per heavy atom. The third-order valence-electron chi connectivity index (χ3n) is 3.97. The number of hydrogen-bond acceptors (Lipinski definition) is 6. The van der Waals surface area contributed by atoms with Crippen LogP contribution in [0.2, 0.25) is 0 Å². The smallest absolute Gasteiger partial charge is 0.273 e. The number of para-hydroxylation sites is 1. The van der Waals surface area contributed by atoms with Gasteiger partial charge in [-0.1, -0.05) is 18.2 Å². The van der Waals surface area contributed by atoms with E-state index in [1.54, 1.807) is 18.3 Å². The van der Waals surface area contributed by atoms with Gasteiger partial charge < -0.3 is 15.5 Å². The Morgan fingerprint density at radius 3 is 2.79 bits per heavy atom. The van der Waals surface area contributed by atoms with E-state index in [0.717, 1.165) is 11.3 Å². The van der Waals surface area contributed by atoms with Gasteiger partial charge >= 0.3 is 0 Å². The number of phenolic OH excluding ortho intramolecular Hbond substituents is 1. The van der Waals surface area contributed by atoms with E-state index < -0.39 is 0 Å². The molecule has 2 aromatic carbocycles. The summed E-state index contributed by atoms with van der Waals surface area (Å²) in [4.78, 5) is 17.5. The summed E-state index contributed by atoms with van der Waals surface area (Å²) in [6, 6.07) is 12.8. The molecular formula is C20H21N5O3. The van der Waals surface area contributed by atoms with Crippen molar-refractivity contribution in [2.45, 2.75) is 13.3 Å². The zero-order valence-corrected chi connectivity index (χ0v) is 15.4. The minimum atomic E-state index is -0.342. The first-order valence-electron chi connectivity index (χ1n) is 8.89. The van der Waals surface area contributed by atoms with Crippen LogP contribution in [0, 0.1) is 0 Å². The lowest BCUT2D eigenvalue weighted by Gasteiger charge is -2.10. The molecule has 1 amide bonds. The lowest BCUT2D eigenvalue weighted by atomic mass is 10.1. The number of aliphatic hydroxyl groups excluding tert-OH is 1. The molecular weight excluding hydrogens is 358 g/mol. The lowest BCUT2D eigenvalue weighted by molar-refractivity contribution is 0.0950. The molecule has 0 saturated carbocycles. The first kappa shape index (κ1) is 19.2. The molecule has 0 radical (unpaired) electrons. The molecule has 0 atom stereocenters. The van der Waals surface area contributed by atoms with E-state index in [9.17, 15) is 15.0 Å². The number of aliphatic hydroxyl groups is 1. The fourth-order valence-corrected chi connectivity index (χ4v) is 2.62. The molecule has 3 rings (SSSR count). The minimum Gasteiger partial charge on any atom is -0.505 e. The van der Waals surface area contributed by atoms with Gasteiger partial charge in [-0.2, -0.15) is 5.10 Å². The number of benzene rings is 2. The second-order valence-electron chi connectivity index (χ2n) is 6.00. The van der Waals surface area contributed by atoms with Crippen LogP contribution in [-0.2, 0) is 6.42 Å². The van der Waals surface area contributed by atoms with E-state index in [1.165, 1.54) is 11.0 Å².